The molecule has 0 aromatic heterocycles. The molecule has 0 radical (unpaired) electrons. The van der Waals surface area contributed by atoms with E-state index in [4.69, 9.17) is 5.26 Å². The SMILES string of the molecule is CC1CC(C)C(C)N(c2ccc(C#N)c(F)c2)C1. The smallest absolute Gasteiger partial charge is 0.143 e. The molecule has 0 aliphatic carbocycles. The Labute approximate surface area is 108 Å². The highest BCUT2D eigenvalue weighted by Crippen LogP contribution is 2.31. The average Bonchev–Trinajstić information content (AvgIpc) is 2.33. The molecule has 0 amide bonds. The molecule has 18 heavy (non-hydrogen) atoms. The van der Waals surface area contributed by atoms with Crippen molar-refractivity contribution in [3.63, 3.8) is 0 Å². The fourth-order valence-electron chi connectivity index (χ4n) is 2.83. The number of nitrogens with zero attached hydrogens (tertiary/aromatic N) is 2. The van der Waals surface area contributed by atoms with Crippen molar-refractivity contribution >= 4 is 5.69 Å². The molecule has 1 aliphatic heterocycles. The van der Waals surface area contributed by atoms with Crippen LogP contribution in [-0.4, -0.2) is 12.6 Å². The second kappa shape index (κ2) is 4.97. The van der Waals surface area contributed by atoms with E-state index in [1.807, 2.05) is 12.1 Å². The van der Waals surface area contributed by atoms with Crippen LogP contribution in [0.15, 0.2) is 18.2 Å². The highest BCUT2D eigenvalue weighted by molar-refractivity contribution is 5.51. The Morgan fingerprint density at radius 1 is 1.33 bits per heavy atom. The van der Waals surface area contributed by atoms with Crippen LogP contribution in [0.5, 0.6) is 0 Å². The molecule has 1 heterocycles. The second-order valence-corrected chi connectivity index (χ2v) is 5.49. The summed E-state index contributed by atoms with van der Waals surface area (Å²) in [4.78, 5) is 2.25. The van der Waals surface area contributed by atoms with E-state index in [-0.39, 0.29) is 5.56 Å². The minimum atomic E-state index is -0.423. The van der Waals surface area contributed by atoms with E-state index in [1.165, 1.54) is 12.5 Å². The van der Waals surface area contributed by atoms with E-state index in [9.17, 15) is 4.39 Å². The minimum absolute atomic E-state index is 0.115. The lowest BCUT2D eigenvalue weighted by molar-refractivity contribution is 0.297. The monoisotopic (exact) mass is 246 g/mol. The summed E-state index contributed by atoms with van der Waals surface area (Å²) in [5.41, 5.74) is 1.00. The van der Waals surface area contributed by atoms with Crippen molar-refractivity contribution in [3.8, 4) is 6.07 Å². The molecule has 1 fully saturated rings. The summed E-state index contributed by atoms with van der Waals surface area (Å²) in [5.74, 6) is 0.801. The molecule has 96 valence electrons. The molecule has 1 aliphatic rings. The van der Waals surface area contributed by atoms with Gasteiger partial charge >= 0.3 is 0 Å². The first-order valence-corrected chi connectivity index (χ1v) is 6.49. The Morgan fingerprint density at radius 3 is 2.67 bits per heavy atom. The summed E-state index contributed by atoms with van der Waals surface area (Å²) in [6, 6.07) is 7.18. The zero-order chi connectivity index (χ0) is 13.3. The second-order valence-electron chi connectivity index (χ2n) is 5.49. The number of rotatable bonds is 1. The topological polar surface area (TPSA) is 27.0 Å². The standard InChI is InChI=1S/C15H19FN2/c1-10-6-11(2)12(3)18(9-10)14-5-4-13(8-17)15(16)7-14/h4-5,7,10-12H,6,9H2,1-3H3. The lowest BCUT2D eigenvalue weighted by atomic mass is 9.85. The zero-order valence-corrected chi connectivity index (χ0v) is 11.2. The van der Waals surface area contributed by atoms with Crippen molar-refractivity contribution in [1.82, 2.24) is 0 Å². The predicted molar refractivity (Wildman–Crippen MR) is 70.9 cm³/mol. The molecule has 0 saturated carbocycles. The van der Waals surface area contributed by atoms with Crippen LogP contribution in [0.2, 0.25) is 0 Å². The fourth-order valence-corrected chi connectivity index (χ4v) is 2.83. The first-order valence-electron chi connectivity index (χ1n) is 6.49. The number of nitriles is 1. The van der Waals surface area contributed by atoms with Gasteiger partial charge in [-0.1, -0.05) is 13.8 Å². The van der Waals surface area contributed by atoms with E-state index < -0.39 is 5.82 Å². The lowest BCUT2D eigenvalue weighted by Crippen LogP contribution is -2.45. The van der Waals surface area contributed by atoms with E-state index in [0.29, 0.717) is 17.9 Å². The number of benzene rings is 1. The van der Waals surface area contributed by atoms with Gasteiger partial charge in [0.15, 0.2) is 0 Å². The highest BCUT2D eigenvalue weighted by Gasteiger charge is 2.29. The van der Waals surface area contributed by atoms with Crippen molar-refractivity contribution in [2.75, 3.05) is 11.4 Å². The number of anilines is 1. The summed E-state index contributed by atoms with van der Waals surface area (Å²) in [7, 11) is 0. The number of piperidine rings is 1. The highest BCUT2D eigenvalue weighted by atomic mass is 19.1. The van der Waals surface area contributed by atoms with Crippen molar-refractivity contribution in [3.05, 3.63) is 29.6 Å². The van der Waals surface area contributed by atoms with Gasteiger partial charge in [-0.2, -0.15) is 5.26 Å². The van der Waals surface area contributed by atoms with Crippen molar-refractivity contribution < 1.29 is 4.39 Å². The molecule has 2 nitrogen and oxygen atoms in total. The van der Waals surface area contributed by atoms with Gasteiger partial charge in [0.2, 0.25) is 0 Å². The molecule has 3 heteroatoms. The van der Waals surface area contributed by atoms with Crippen LogP contribution < -0.4 is 4.90 Å². The van der Waals surface area contributed by atoms with Crippen molar-refractivity contribution in [2.45, 2.75) is 33.2 Å². The van der Waals surface area contributed by atoms with Gasteiger partial charge in [-0.15, -0.1) is 0 Å². The Morgan fingerprint density at radius 2 is 2.06 bits per heavy atom. The molecule has 0 N–H and O–H groups in total. The quantitative estimate of drug-likeness (QED) is 0.757. The zero-order valence-electron chi connectivity index (χ0n) is 11.2. The van der Waals surface area contributed by atoms with Crippen LogP contribution in [0.1, 0.15) is 32.8 Å². The van der Waals surface area contributed by atoms with Crippen LogP contribution in [0, 0.1) is 29.0 Å². The molecule has 0 bridgehead atoms. The summed E-state index contributed by atoms with van der Waals surface area (Å²) < 4.78 is 13.7. The van der Waals surface area contributed by atoms with Gasteiger partial charge in [0.05, 0.1) is 5.56 Å². The molecule has 1 aromatic carbocycles. The molecule has 1 saturated heterocycles. The summed E-state index contributed by atoms with van der Waals surface area (Å²) in [5, 5.41) is 8.75. The molecule has 0 spiro atoms. The first-order chi connectivity index (χ1) is 8.52. The Kier molecular flexibility index (Phi) is 3.56. The fraction of sp³-hybridized carbons (Fsp3) is 0.533. The Balaban J connectivity index is 2.30. The van der Waals surface area contributed by atoms with Crippen LogP contribution in [0.3, 0.4) is 0 Å². The molecule has 3 atom stereocenters. The lowest BCUT2D eigenvalue weighted by Gasteiger charge is -2.42. The van der Waals surface area contributed by atoms with Gasteiger partial charge in [0, 0.05) is 18.3 Å². The minimum Gasteiger partial charge on any atom is -0.368 e. The average molecular weight is 246 g/mol. The van der Waals surface area contributed by atoms with Crippen LogP contribution in [0.25, 0.3) is 0 Å². The van der Waals surface area contributed by atoms with E-state index >= 15 is 0 Å². The summed E-state index contributed by atoms with van der Waals surface area (Å²) >= 11 is 0. The molecular weight excluding hydrogens is 227 g/mol. The first kappa shape index (κ1) is 12.9. The van der Waals surface area contributed by atoms with Crippen molar-refractivity contribution in [1.29, 1.82) is 5.26 Å². The van der Waals surface area contributed by atoms with Crippen LogP contribution >= 0.6 is 0 Å². The van der Waals surface area contributed by atoms with Crippen molar-refractivity contribution in [2.24, 2.45) is 11.8 Å². The van der Waals surface area contributed by atoms with Gasteiger partial charge in [-0.05, 0) is 43.4 Å². The number of halogens is 1. The summed E-state index contributed by atoms with van der Waals surface area (Å²) in [6.45, 7) is 7.62. The maximum Gasteiger partial charge on any atom is 0.143 e. The third-order valence-corrected chi connectivity index (χ3v) is 4.00. The molecule has 1 aromatic rings. The Hall–Kier alpha value is -1.56. The van der Waals surface area contributed by atoms with E-state index in [2.05, 4.69) is 25.7 Å². The van der Waals surface area contributed by atoms with Gasteiger partial charge in [0.1, 0.15) is 11.9 Å². The van der Waals surface area contributed by atoms with Crippen LogP contribution in [0.4, 0.5) is 10.1 Å². The third-order valence-electron chi connectivity index (χ3n) is 4.00. The predicted octanol–water partition coefficient (Wildman–Crippen LogP) is 3.57. The van der Waals surface area contributed by atoms with Crippen LogP contribution in [-0.2, 0) is 0 Å². The molecule has 2 rings (SSSR count). The summed E-state index contributed by atoms with van der Waals surface area (Å²) in [6.07, 6.45) is 1.22. The maximum atomic E-state index is 13.7. The normalized spacial score (nSPS) is 27.9. The van der Waals surface area contributed by atoms with E-state index in [0.717, 1.165) is 12.2 Å². The molecule has 3 unspecified atom stereocenters. The van der Waals surface area contributed by atoms with Gasteiger partial charge in [0.25, 0.3) is 0 Å². The Bertz CT molecular complexity index is 478. The molecular formula is C15H19FN2. The number of hydrogen-bond donors (Lipinski definition) is 0. The third kappa shape index (κ3) is 2.33. The largest absolute Gasteiger partial charge is 0.368 e. The van der Waals surface area contributed by atoms with Gasteiger partial charge < -0.3 is 4.90 Å². The maximum absolute atomic E-state index is 13.7. The van der Waals surface area contributed by atoms with Gasteiger partial charge in [-0.3, -0.25) is 0 Å². The van der Waals surface area contributed by atoms with E-state index in [1.54, 1.807) is 6.07 Å². The van der Waals surface area contributed by atoms with Gasteiger partial charge in [-0.25, -0.2) is 4.39 Å². The number of hydrogen-bond acceptors (Lipinski definition) is 2.